The maximum atomic E-state index is 3.40. The lowest BCUT2D eigenvalue weighted by molar-refractivity contribution is 0.254. The first kappa shape index (κ1) is 11.6. The number of nitrogens with one attached hydrogen (secondary N) is 1. The third kappa shape index (κ3) is 2.12. The monoisotopic (exact) mass is 234 g/mol. The fourth-order valence-electron chi connectivity index (χ4n) is 2.05. The van der Waals surface area contributed by atoms with E-state index >= 15 is 0 Å². The van der Waals surface area contributed by atoms with Crippen molar-refractivity contribution in [1.82, 2.24) is 10.4 Å². The number of fused-ring (bicyclic) bond motifs is 1. The van der Waals surface area contributed by atoms with E-state index in [-0.39, 0.29) is 0 Å². The standard InChI is InChI=1S/C13H18N2S/c1-9-11-7-5-6-8-12(11)16-13(9)10(2)14-15(3)4/h5-8,10,14H,1-4H3. The molecule has 0 radical (unpaired) electrons. The summed E-state index contributed by atoms with van der Waals surface area (Å²) in [5.74, 6) is 0. The molecule has 1 aromatic heterocycles. The summed E-state index contributed by atoms with van der Waals surface area (Å²) >= 11 is 1.88. The van der Waals surface area contributed by atoms with Gasteiger partial charge in [0.15, 0.2) is 0 Å². The number of hydrazine groups is 1. The van der Waals surface area contributed by atoms with Gasteiger partial charge in [-0.3, -0.25) is 5.01 Å². The molecule has 2 rings (SSSR count). The number of thiophene rings is 1. The minimum absolute atomic E-state index is 0.368. The molecule has 1 N–H and O–H groups in total. The summed E-state index contributed by atoms with van der Waals surface area (Å²) in [7, 11) is 4.05. The van der Waals surface area contributed by atoms with Gasteiger partial charge in [-0.25, -0.2) is 5.43 Å². The van der Waals surface area contributed by atoms with E-state index in [9.17, 15) is 0 Å². The maximum Gasteiger partial charge on any atom is 0.0532 e. The average Bonchev–Trinajstić information content (AvgIpc) is 2.56. The van der Waals surface area contributed by atoms with Crippen LogP contribution in [0.25, 0.3) is 10.1 Å². The normalized spacial score (nSPS) is 13.6. The molecule has 86 valence electrons. The summed E-state index contributed by atoms with van der Waals surface area (Å²) in [4.78, 5) is 1.43. The average molecular weight is 234 g/mol. The van der Waals surface area contributed by atoms with Gasteiger partial charge in [0.1, 0.15) is 0 Å². The topological polar surface area (TPSA) is 15.3 Å². The van der Waals surface area contributed by atoms with Crippen LogP contribution in [0.4, 0.5) is 0 Å². The Morgan fingerprint density at radius 2 is 1.94 bits per heavy atom. The van der Waals surface area contributed by atoms with E-state index in [4.69, 9.17) is 0 Å². The molecular formula is C13H18N2S. The Hall–Kier alpha value is -0.900. The first-order valence-electron chi connectivity index (χ1n) is 5.51. The van der Waals surface area contributed by atoms with Gasteiger partial charge in [0.05, 0.1) is 6.04 Å². The summed E-state index contributed by atoms with van der Waals surface area (Å²) < 4.78 is 1.38. The van der Waals surface area contributed by atoms with E-state index in [2.05, 4.69) is 43.5 Å². The molecule has 0 saturated heterocycles. The number of hydrogen-bond acceptors (Lipinski definition) is 3. The second-order valence-electron chi connectivity index (χ2n) is 4.33. The van der Waals surface area contributed by atoms with Crippen LogP contribution in [0.3, 0.4) is 0 Å². The van der Waals surface area contributed by atoms with Crippen molar-refractivity contribution in [2.75, 3.05) is 14.1 Å². The van der Waals surface area contributed by atoms with Gasteiger partial charge in [-0.15, -0.1) is 11.3 Å². The second-order valence-corrected chi connectivity index (χ2v) is 5.42. The van der Waals surface area contributed by atoms with Crippen molar-refractivity contribution in [2.24, 2.45) is 0 Å². The van der Waals surface area contributed by atoms with Crippen molar-refractivity contribution in [3.8, 4) is 0 Å². The molecule has 1 heterocycles. The summed E-state index contributed by atoms with van der Waals surface area (Å²) in [6.45, 7) is 4.42. The summed E-state index contributed by atoms with van der Waals surface area (Å²) in [6.07, 6.45) is 0. The van der Waals surface area contributed by atoms with Crippen LogP contribution in [0.1, 0.15) is 23.4 Å². The molecule has 0 spiro atoms. The number of benzene rings is 1. The molecule has 0 fully saturated rings. The van der Waals surface area contributed by atoms with E-state index in [0.717, 1.165) is 0 Å². The summed E-state index contributed by atoms with van der Waals surface area (Å²) in [5.41, 5.74) is 4.81. The highest BCUT2D eigenvalue weighted by molar-refractivity contribution is 7.19. The van der Waals surface area contributed by atoms with Crippen molar-refractivity contribution in [2.45, 2.75) is 19.9 Å². The summed E-state index contributed by atoms with van der Waals surface area (Å²) in [6, 6.07) is 8.97. The fraction of sp³-hybridized carbons (Fsp3) is 0.385. The minimum Gasteiger partial charge on any atom is -0.250 e. The lowest BCUT2D eigenvalue weighted by Gasteiger charge is -2.18. The summed E-state index contributed by atoms with van der Waals surface area (Å²) in [5, 5.41) is 3.39. The lowest BCUT2D eigenvalue weighted by atomic mass is 10.1. The van der Waals surface area contributed by atoms with Crippen molar-refractivity contribution < 1.29 is 0 Å². The number of aryl methyl sites for hydroxylation is 1. The Balaban J connectivity index is 2.41. The zero-order chi connectivity index (χ0) is 11.7. The Labute approximate surface area is 101 Å². The number of hydrogen-bond donors (Lipinski definition) is 1. The van der Waals surface area contributed by atoms with Crippen LogP contribution < -0.4 is 5.43 Å². The third-order valence-corrected chi connectivity index (χ3v) is 4.18. The van der Waals surface area contributed by atoms with Crippen LogP contribution in [0.2, 0.25) is 0 Å². The van der Waals surface area contributed by atoms with E-state index in [1.54, 1.807) is 0 Å². The molecule has 0 aliphatic rings. The molecule has 1 unspecified atom stereocenters. The van der Waals surface area contributed by atoms with Crippen molar-refractivity contribution >= 4 is 21.4 Å². The quantitative estimate of drug-likeness (QED) is 0.819. The van der Waals surface area contributed by atoms with E-state index in [1.165, 1.54) is 20.5 Å². The fourth-order valence-corrected chi connectivity index (χ4v) is 3.26. The van der Waals surface area contributed by atoms with E-state index in [1.807, 2.05) is 30.4 Å². The van der Waals surface area contributed by atoms with Crippen molar-refractivity contribution in [3.05, 3.63) is 34.7 Å². The molecule has 2 nitrogen and oxygen atoms in total. The van der Waals surface area contributed by atoms with Gasteiger partial charge in [-0.2, -0.15) is 0 Å². The Morgan fingerprint density at radius 1 is 1.25 bits per heavy atom. The maximum absolute atomic E-state index is 3.40. The van der Waals surface area contributed by atoms with E-state index < -0.39 is 0 Å². The van der Waals surface area contributed by atoms with Crippen LogP contribution in [-0.2, 0) is 0 Å². The van der Waals surface area contributed by atoms with Gasteiger partial charge in [-0.05, 0) is 30.9 Å². The molecular weight excluding hydrogens is 216 g/mol. The van der Waals surface area contributed by atoms with Crippen molar-refractivity contribution in [1.29, 1.82) is 0 Å². The molecule has 1 atom stereocenters. The Morgan fingerprint density at radius 3 is 2.56 bits per heavy atom. The molecule has 0 aliphatic heterocycles. The van der Waals surface area contributed by atoms with Gasteiger partial charge < -0.3 is 0 Å². The van der Waals surface area contributed by atoms with Gasteiger partial charge >= 0.3 is 0 Å². The van der Waals surface area contributed by atoms with Crippen molar-refractivity contribution in [3.63, 3.8) is 0 Å². The highest BCUT2D eigenvalue weighted by Gasteiger charge is 2.14. The second kappa shape index (κ2) is 4.53. The van der Waals surface area contributed by atoms with Crippen LogP contribution >= 0.6 is 11.3 Å². The lowest BCUT2D eigenvalue weighted by Crippen LogP contribution is -2.32. The third-order valence-electron chi connectivity index (χ3n) is 2.73. The highest BCUT2D eigenvalue weighted by atomic mass is 32.1. The first-order valence-corrected chi connectivity index (χ1v) is 6.32. The molecule has 0 amide bonds. The van der Waals surface area contributed by atoms with Gasteiger partial charge in [0.25, 0.3) is 0 Å². The van der Waals surface area contributed by atoms with Crippen LogP contribution in [0.15, 0.2) is 24.3 Å². The van der Waals surface area contributed by atoms with Crippen LogP contribution in [0.5, 0.6) is 0 Å². The molecule has 1 aromatic carbocycles. The zero-order valence-electron chi connectivity index (χ0n) is 10.2. The van der Waals surface area contributed by atoms with Gasteiger partial charge in [-0.1, -0.05) is 18.2 Å². The largest absolute Gasteiger partial charge is 0.250 e. The molecule has 2 aromatic rings. The van der Waals surface area contributed by atoms with Crippen LogP contribution in [0, 0.1) is 6.92 Å². The SMILES string of the molecule is Cc1c(C(C)NN(C)C)sc2ccccc12. The molecule has 0 saturated carbocycles. The number of rotatable bonds is 3. The zero-order valence-corrected chi connectivity index (χ0v) is 11.1. The predicted octanol–water partition coefficient (Wildman–Crippen LogP) is 3.34. The smallest absolute Gasteiger partial charge is 0.0532 e. The highest BCUT2D eigenvalue weighted by Crippen LogP contribution is 2.34. The van der Waals surface area contributed by atoms with Gasteiger partial charge in [0.2, 0.25) is 0 Å². The Bertz CT molecular complexity index is 488. The molecule has 3 heteroatoms. The predicted molar refractivity (Wildman–Crippen MR) is 71.8 cm³/mol. The van der Waals surface area contributed by atoms with E-state index in [0.29, 0.717) is 6.04 Å². The first-order chi connectivity index (χ1) is 7.59. The molecule has 0 aliphatic carbocycles. The van der Waals surface area contributed by atoms with Gasteiger partial charge in [0, 0.05) is 23.7 Å². The molecule has 16 heavy (non-hydrogen) atoms. The molecule has 0 bridgehead atoms. The Kier molecular flexibility index (Phi) is 3.28. The van der Waals surface area contributed by atoms with Crippen LogP contribution in [-0.4, -0.2) is 19.1 Å². The number of nitrogens with zero attached hydrogens (tertiary/aromatic N) is 1. The minimum atomic E-state index is 0.368.